The Morgan fingerprint density at radius 1 is 0.967 bits per heavy atom. The maximum atomic E-state index is 6.37. The molecule has 2 N–H and O–H groups in total. The second-order valence-corrected chi connectivity index (χ2v) is 8.02. The van der Waals surface area contributed by atoms with Gasteiger partial charge in [0.2, 0.25) is 0 Å². The summed E-state index contributed by atoms with van der Waals surface area (Å²) in [6.45, 7) is 2.13. The first-order chi connectivity index (χ1) is 14.7. The Labute approximate surface area is 176 Å². The molecule has 1 fully saturated rings. The van der Waals surface area contributed by atoms with Crippen molar-refractivity contribution in [2.45, 2.75) is 25.0 Å². The lowest BCUT2D eigenvalue weighted by molar-refractivity contribution is 0.180. The minimum Gasteiger partial charge on any atom is -0.457 e. The van der Waals surface area contributed by atoms with Gasteiger partial charge in [0.05, 0.1) is 17.7 Å². The molecule has 2 unspecified atom stereocenters. The van der Waals surface area contributed by atoms with E-state index in [1.165, 1.54) is 0 Å². The molecule has 0 aliphatic carbocycles. The van der Waals surface area contributed by atoms with E-state index in [-0.39, 0.29) is 12.1 Å². The maximum Gasteiger partial charge on any atom is 0.139 e. The number of piperidine rings is 1. The van der Waals surface area contributed by atoms with Gasteiger partial charge in [0.15, 0.2) is 0 Å². The minimum atomic E-state index is -0.368. The fourth-order valence-corrected chi connectivity index (χ4v) is 4.27. The Kier molecular flexibility index (Phi) is 5.06. The van der Waals surface area contributed by atoms with E-state index in [0.717, 1.165) is 54.5 Å². The lowest BCUT2D eigenvalue weighted by Gasteiger charge is -2.35. The number of aliphatic imine (C=N–C) groups is 2. The van der Waals surface area contributed by atoms with Crippen molar-refractivity contribution in [2.24, 2.45) is 26.7 Å². The van der Waals surface area contributed by atoms with E-state index < -0.39 is 0 Å². The van der Waals surface area contributed by atoms with Crippen LogP contribution in [0.4, 0.5) is 0 Å². The number of rotatable bonds is 4. The smallest absolute Gasteiger partial charge is 0.139 e. The van der Waals surface area contributed by atoms with E-state index in [9.17, 15) is 0 Å². The summed E-state index contributed by atoms with van der Waals surface area (Å²) < 4.78 is 5.92. The van der Waals surface area contributed by atoms with Crippen molar-refractivity contribution >= 4 is 17.9 Å². The molecule has 3 aliphatic heterocycles. The lowest BCUT2D eigenvalue weighted by Crippen LogP contribution is -2.47. The number of fused-ring (bicyclic) bond motifs is 1. The number of ether oxygens (including phenoxy) is 1. The van der Waals surface area contributed by atoms with Crippen LogP contribution < -0.4 is 10.5 Å². The molecule has 2 atom stereocenters. The predicted octanol–water partition coefficient (Wildman–Crippen LogP) is 2.93. The monoisotopic (exact) mass is 402 g/mol. The highest BCUT2D eigenvalue weighted by Crippen LogP contribution is 2.31. The third-order valence-electron chi connectivity index (χ3n) is 5.96. The van der Waals surface area contributed by atoms with Gasteiger partial charge in [-0.25, -0.2) is 10.0 Å². The summed E-state index contributed by atoms with van der Waals surface area (Å²) in [5, 5.41) is 7.12. The first kappa shape index (κ1) is 19.0. The van der Waals surface area contributed by atoms with Crippen LogP contribution in [0.1, 0.15) is 18.4 Å². The average Bonchev–Trinajstić information content (AvgIpc) is 3.17. The van der Waals surface area contributed by atoms with Crippen molar-refractivity contribution in [3.05, 3.63) is 60.2 Å². The minimum absolute atomic E-state index is 0.115. The fourth-order valence-electron chi connectivity index (χ4n) is 4.27. The molecule has 2 aromatic carbocycles. The summed E-state index contributed by atoms with van der Waals surface area (Å²) in [7, 11) is 2.16. The van der Waals surface area contributed by atoms with Gasteiger partial charge in [-0.3, -0.25) is 4.99 Å². The van der Waals surface area contributed by atoms with Gasteiger partial charge in [0.25, 0.3) is 0 Å². The fraction of sp³-hybridized carbons (Fsp3) is 0.348. The zero-order valence-electron chi connectivity index (χ0n) is 17.1. The molecule has 2 aromatic rings. The molecular weight excluding hydrogens is 376 g/mol. The van der Waals surface area contributed by atoms with E-state index in [2.05, 4.69) is 26.9 Å². The number of hydrazone groups is 1. The van der Waals surface area contributed by atoms with Crippen molar-refractivity contribution < 1.29 is 4.74 Å². The molecule has 7 heteroatoms. The van der Waals surface area contributed by atoms with Crippen LogP contribution in [0, 0.1) is 5.92 Å². The molecule has 3 heterocycles. The van der Waals surface area contributed by atoms with Gasteiger partial charge in [-0.1, -0.05) is 18.2 Å². The summed E-state index contributed by atoms with van der Waals surface area (Å²) in [5.41, 5.74) is 8.33. The number of hydrogen-bond donors (Lipinski definition) is 1. The van der Waals surface area contributed by atoms with Gasteiger partial charge in [0, 0.05) is 0 Å². The number of hydrogen-bond acceptors (Lipinski definition) is 7. The maximum absolute atomic E-state index is 6.37. The lowest BCUT2D eigenvalue weighted by atomic mass is 9.93. The molecular formula is C23H26N6O. The topological polar surface area (TPSA) is 78.8 Å². The van der Waals surface area contributed by atoms with Crippen LogP contribution in [-0.4, -0.2) is 60.1 Å². The van der Waals surface area contributed by atoms with E-state index in [1.54, 1.807) is 6.34 Å². The van der Waals surface area contributed by atoms with Crippen LogP contribution in [-0.2, 0) is 0 Å². The van der Waals surface area contributed by atoms with Crippen molar-refractivity contribution in [3.8, 4) is 11.5 Å². The summed E-state index contributed by atoms with van der Waals surface area (Å²) in [6.07, 6.45) is 3.34. The number of nitrogens with zero attached hydrogens (tertiary/aromatic N) is 5. The van der Waals surface area contributed by atoms with Gasteiger partial charge in [-0.05, 0) is 74.9 Å². The second kappa shape index (κ2) is 8.01. The third-order valence-corrected chi connectivity index (χ3v) is 5.96. The van der Waals surface area contributed by atoms with Gasteiger partial charge in [0.1, 0.15) is 29.8 Å². The van der Waals surface area contributed by atoms with Gasteiger partial charge in [-0.15, -0.1) is 0 Å². The van der Waals surface area contributed by atoms with Crippen LogP contribution in [0.25, 0.3) is 0 Å². The molecule has 154 valence electrons. The number of para-hydroxylation sites is 1. The molecule has 0 saturated carbocycles. The van der Waals surface area contributed by atoms with E-state index in [1.807, 2.05) is 54.6 Å². The van der Waals surface area contributed by atoms with Crippen LogP contribution in [0.15, 0.2) is 69.7 Å². The van der Waals surface area contributed by atoms with Crippen LogP contribution in [0.3, 0.4) is 0 Å². The largest absolute Gasteiger partial charge is 0.457 e. The van der Waals surface area contributed by atoms with Gasteiger partial charge in [-0.2, -0.15) is 5.10 Å². The standard InChI is InChI=1S/C23H26N6O/c1-28-13-11-17(12-14-28)29-23-20(22(24)25-15-26-23)21(27-29)16-7-9-19(10-8-16)30-18-5-3-2-4-6-18/h2-10,15,17,20,22H,11-14,24H2,1H3. The molecule has 0 spiro atoms. The zero-order valence-corrected chi connectivity index (χ0v) is 17.1. The first-order valence-electron chi connectivity index (χ1n) is 10.4. The number of nitrogens with two attached hydrogens (primary N) is 1. The van der Waals surface area contributed by atoms with Crippen LogP contribution in [0.5, 0.6) is 11.5 Å². The average molecular weight is 403 g/mol. The van der Waals surface area contributed by atoms with Crippen LogP contribution >= 0.6 is 0 Å². The molecule has 3 aliphatic rings. The quantitative estimate of drug-likeness (QED) is 0.853. The first-order valence-corrected chi connectivity index (χ1v) is 10.4. The summed E-state index contributed by atoms with van der Waals surface area (Å²) in [4.78, 5) is 11.3. The molecule has 7 nitrogen and oxygen atoms in total. The normalized spacial score (nSPS) is 24.4. The summed E-state index contributed by atoms with van der Waals surface area (Å²) in [6, 6.07) is 18.1. The predicted molar refractivity (Wildman–Crippen MR) is 119 cm³/mol. The molecule has 5 rings (SSSR count). The summed E-state index contributed by atoms with van der Waals surface area (Å²) >= 11 is 0. The molecule has 0 aromatic heterocycles. The highest BCUT2D eigenvalue weighted by atomic mass is 16.5. The van der Waals surface area contributed by atoms with Crippen molar-refractivity contribution in [3.63, 3.8) is 0 Å². The molecule has 0 amide bonds. The van der Waals surface area contributed by atoms with E-state index in [4.69, 9.17) is 15.6 Å². The highest BCUT2D eigenvalue weighted by Gasteiger charge is 2.42. The van der Waals surface area contributed by atoms with Crippen molar-refractivity contribution in [2.75, 3.05) is 20.1 Å². The van der Waals surface area contributed by atoms with E-state index in [0.29, 0.717) is 6.04 Å². The summed E-state index contributed by atoms with van der Waals surface area (Å²) in [5.74, 6) is 2.41. The Morgan fingerprint density at radius 3 is 2.40 bits per heavy atom. The Balaban J connectivity index is 1.41. The number of benzene rings is 2. The Bertz CT molecular complexity index is 977. The Morgan fingerprint density at radius 2 is 1.67 bits per heavy atom. The molecule has 0 bridgehead atoms. The highest BCUT2D eigenvalue weighted by molar-refractivity contribution is 6.19. The van der Waals surface area contributed by atoms with Gasteiger partial charge < -0.3 is 15.4 Å². The molecule has 30 heavy (non-hydrogen) atoms. The number of likely N-dealkylation sites (tertiary alicyclic amines) is 1. The second-order valence-electron chi connectivity index (χ2n) is 8.02. The van der Waals surface area contributed by atoms with Crippen molar-refractivity contribution in [1.29, 1.82) is 0 Å². The third kappa shape index (κ3) is 3.62. The zero-order chi connectivity index (χ0) is 20.5. The molecule has 0 radical (unpaired) electrons. The SMILES string of the molecule is CN1CCC(N2N=C(c3ccc(Oc4ccccc4)cc3)C3C2=NC=NC3N)CC1. The number of amidine groups is 1. The van der Waals surface area contributed by atoms with Crippen LogP contribution in [0.2, 0.25) is 0 Å². The molecule has 1 saturated heterocycles. The Hall–Kier alpha value is -3.03. The van der Waals surface area contributed by atoms with Gasteiger partial charge >= 0.3 is 0 Å². The van der Waals surface area contributed by atoms with E-state index >= 15 is 0 Å². The van der Waals surface area contributed by atoms with Crippen molar-refractivity contribution in [1.82, 2.24) is 9.91 Å².